The molecule has 8 nitrogen and oxygen atoms in total. The Morgan fingerprint density at radius 2 is 2.00 bits per heavy atom. The second-order valence-electron chi connectivity index (χ2n) is 9.16. The Kier molecular flexibility index (Phi) is 6.15. The van der Waals surface area contributed by atoms with Gasteiger partial charge in [-0.1, -0.05) is 41.1 Å². The third-order valence-electron chi connectivity index (χ3n) is 6.50. The lowest BCUT2D eigenvalue weighted by molar-refractivity contribution is 0.417. The molecule has 1 atom stereocenters. The number of pyridine rings is 1. The predicted molar refractivity (Wildman–Crippen MR) is 148 cm³/mol. The van der Waals surface area contributed by atoms with Gasteiger partial charge in [0, 0.05) is 17.3 Å². The van der Waals surface area contributed by atoms with Gasteiger partial charge in [0.05, 0.1) is 54.2 Å². The lowest BCUT2D eigenvalue weighted by Crippen LogP contribution is -2.13. The van der Waals surface area contributed by atoms with E-state index in [1.807, 2.05) is 24.3 Å². The van der Waals surface area contributed by atoms with E-state index >= 15 is 0 Å². The number of nitrogens with zero attached hydrogens (tertiary/aromatic N) is 5. The van der Waals surface area contributed by atoms with Crippen LogP contribution in [0, 0.1) is 17.1 Å². The zero-order chi connectivity index (χ0) is 27.9. The molecule has 10 heteroatoms. The molecule has 0 aliphatic heterocycles. The summed E-state index contributed by atoms with van der Waals surface area (Å²) < 4.78 is 30.6. The summed E-state index contributed by atoms with van der Waals surface area (Å²) in [5.74, 6) is 0.181. The number of methoxy groups -OCH3 is 1. The third-order valence-corrected chi connectivity index (χ3v) is 6.79. The maximum absolute atomic E-state index is 13.8. The van der Waals surface area contributed by atoms with Crippen molar-refractivity contribution in [1.29, 1.82) is 5.26 Å². The van der Waals surface area contributed by atoms with Gasteiger partial charge in [0.25, 0.3) is 0 Å². The summed E-state index contributed by atoms with van der Waals surface area (Å²) in [5.41, 5.74) is 3.19. The van der Waals surface area contributed by atoms with Gasteiger partial charge in [-0.25, -0.2) is 9.07 Å². The predicted octanol–water partition coefficient (Wildman–Crippen LogP) is 6.78. The van der Waals surface area contributed by atoms with Gasteiger partial charge in [0.2, 0.25) is 0 Å². The van der Waals surface area contributed by atoms with E-state index < -0.39 is 11.8 Å². The molecule has 0 radical (unpaired) electrons. The first-order chi connectivity index (χ1) is 19.4. The van der Waals surface area contributed by atoms with Crippen molar-refractivity contribution in [1.82, 2.24) is 20.0 Å². The monoisotopic (exact) mass is 540 g/mol. The van der Waals surface area contributed by atoms with E-state index in [1.165, 1.54) is 30.5 Å². The Morgan fingerprint density at radius 1 is 1.21 bits per heavy atom. The fourth-order valence-electron chi connectivity index (χ4n) is 4.39. The van der Waals surface area contributed by atoms with E-state index in [2.05, 4.69) is 32.0 Å². The minimum absolute atomic E-state index is 0.271. The maximum atomic E-state index is 13.8. The first-order valence-electron chi connectivity index (χ1n) is 12.8. The molecule has 0 bridgehead atoms. The van der Waals surface area contributed by atoms with Crippen LogP contribution in [-0.4, -0.2) is 27.1 Å². The molecule has 39 heavy (non-hydrogen) atoms. The van der Waals surface area contributed by atoms with Gasteiger partial charge in [-0.05, 0) is 54.8 Å². The van der Waals surface area contributed by atoms with E-state index in [-0.39, 0.29) is 6.04 Å². The number of aromatic nitrogens is 4. The highest BCUT2D eigenvalue weighted by atomic mass is 35.5. The standard InChI is InChI=1S/C29H23ClFN7O/c1-39-26-5-3-2-4-24(26)35-27-18(14-32)15-33-29-22(27)12-20(13-23(29)30)34-28(17-6-8-19(31)9-7-17)25-16-38(37-36-25)21-10-11-21/h2-9,12-13,15-16,21,28,34H,10-11H2,1H3,(H,33,35)/i28D. The summed E-state index contributed by atoms with van der Waals surface area (Å²) in [6, 6.07) is 17.3. The van der Waals surface area contributed by atoms with Gasteiger partial charge in [0.15, 0.2) is 0 Å². The highest BCUT2D eigenvalue weighted by molar-refractivity contribution is 6.36. The van der Waals surface area contributed by atoms with Gasteiger partial charge < -0.3 is 15.4 Å². The van der Waals surface area contributed by atoms with Gasteiger partial charge in [-0.2, -0.15) is 5.26 Å². The lowest BCUT2D eigenvalue weighted by Gasteiger charge is -2.20. The number of anilines is 3. The summed E-state index contributed by atoms with van der Waals surface area (Å²) in [4.78, 5) is 4.42. The molecule has 2 N–H and O–H groups in total. The molecule has 2 heterocycles. The van der Waals surface area contributed by atoms with Crippen LogP contribution < -0.4 is 15.4 Å². The molecular formula is C29H23ClFN7O. The van der Waals surface area contributed by atoms with Crippen LogP contribution in [0.3, 0.4) is 0 Å². The molecule has 3 aromatic carbocycles. The minimum Gasteiger partial charge on any atom is -0.495 e. The van der Waals surface area contributed by atoms with Crippen LogP contribution in [-0.2, 0) is 0 Å². The highest BCUT2D eigenvalue weighted by Gasteiger charge is 2.27. The average molecular weight is 541 g/mol. The first-order valence-corrected chi connectivity index (χ1v) is 12.7. The van der Waals surface area contributed by atoms with Crippen LogP contribution in [0.4, 0.5) is 21.5 Å². The van der Waals surface area contributed by atoms with Crippen molar-refractivity contribution in [2.75, 3.05) is 17.7 Å². The zero-order valence-electron chi connectivity index (χ0n) is 21.8. The Bertz CT molecular complexity index is 1770. The van der Waals surface area contributed by atoms with Crippen LogP contribution in [0.5, 0.6) is 5.75 Å². The SMILES string of the molecule is [2H]C(Nc1cc(Cl)c2ncc(C#N)c(Nc3ccccc3OC)c2c1)(c1ccc(F)cc1)c1cn(C2CC2)nn1. The fraction of sp³-hybridized carbons (Fsp3) is 0.172. The van der Waals surface area contributed by atoms with Crippen molar-refractivity contribution in [3.63, 3.8) is 0 Å². The zero-order valence-corrected chi connectivity index (χ0v) is 21.6. The van der Waals surface area contributed by atoms with Crippen molar-refractivity contribution in [2.45, 2.75) is 24.9 Å². The van der Waals surface area contributed by atoms with Gasteiger partial charge in [-0.15, -0.1) is 5.10 Å². The molecule has 0 saturated heterocycles. The molecule has 1 fully saturated rings. The second kappa shape index (κ2) is 10.2. The number of benzene rings is 3. The summed E-state index contributed by atoms with van der Waals surface area (Å²) in [7, 11) is 1.57. The van der Waals surface area contributed by atoms with Crippen molar-refractivity contribution in [3.8, 4) is 11.8 Å². The smallest absolute Gasteiger partial charge is 0.142 e. The topological polar surface area (TPSA) is 101 Å². The Labute approximate surface area is 230 Å². The van der Waals surface area contributed by atoms with Crippen molar-refractivity contribution in [2.24, 2.45) is 0 Å². The molecule has 6 rings (SSSR count). The molecule has 2 aromatic heterocycles. The Morgan fingerprint density at radius 3 is 2.74 bits per heavy atom. The van der Waals surface area contributed by atoms with Crippen molar-refractivity contribution in [3.05, 3.63) is 101 Å². The number of hydrogen-bond acceptors (Lipinski definition) is 7. The summed E-state index contributed by atoms with van der Waals surface area (Å²) in [6.07, 6.45) is 5.22. The van der Waals surface area contributed by atoms with Crippen LogP contribution >= 0.6 is 11.6 Å². The second-order valence-corrected chi connectivity index (χ2v) is 9.57. The number of hydrogen-bond donors (Lipinski definition) is 2. The van der Waals surface area contributed by atoms with Crippen molar-refractivity contribution >= 4 is 39.6 Å². The molecule has 0 amide bonds. The fourth-order valence-corrected chi connectivity index (χ4v) is 4.66. The molecule has 0 spiro atoms. The van der Waals surface area contributed by atoms with E-state index in [9.17, 15) is 11.0 Å². The van der Waals surface area contributed by atoms with Crippen LogP contribution in [0.2, 0.25) is 5.02 Å². The van der Waals surface area contributed by atoms with Gasteiger partial charge in [0.1, 0.15) is 23.3 Å². The summed E-state index contributed by atoms with van der Waals surface area (Å²) in [5, 5.41) is 25.9. The average Bonchev–Trinajstić information content (AvgIpc) is 3.69. The molecule has 1 aliphatic rings. The number of fused-ring (bicyclic) bond motifs is 1. The molecule has 1 aliphatic carbocycles. The number of ether oxygens (including phenoxy) is 1. The number of halogens is 2. The highest BCUT2D eigenvalue weighted by Crippen LogP contribution is 2.39. The van der Waals surface area contributed by atoms with Crippen molar-refractivity contribution < 1.29 is 10.5 Å². The van der Waals surface area contributed by atoms with Crippen LogP contribution in [0.1, 0.15) is 43.1 Å². The Hall–Kier alpha value is -4.68. The van der Waals surface area contributed by atoms with Crippen LogP contribution in [0.15, 0.2) is 73.1 Å². The van der Waals surface area contributed by atoms with E-state index in [1.54, 1.807) is 30.1 Å². The summed E-state index contributed by atoms with van der Waals surface area (Å²) in [6.45, 7) is 0. The quantitative estimate of drug-likeness (QED) is 0.224. The third kappa shape index (κ3) is 4.94. The van der Waals surface area contributed by atoms with E-state index in [0.717, 1.165) is 12.8 Å². The maximum Gasteiger partial charge on any atom is 0.142 e. The number of nitrogens with one attached hydrogen (secondary N) is 2. The molecule has 5 aromatic rings. The minimum atomic E-state index is -1.63. The summed E-state index contributed by atoms with van der Waals surface area (Å²) >= 11 is 6.71. The molecule has 1 unspecified atom stereocenters. The molecule has 194 valence electrons. The van der Waals surface area contributed by atoms with Gasteiger partial charge >= 0.3 is 0 Å². The first kappa shape index (κ1) is 23.4. The normalized spacial score (nSPS) is 14.8. The number of rotatable bonds is 8. The van der Waals surface area contributed by atoms with E-state index in [0.29, 0.717) is 55.6 Å². The number of para-hydroxylation sites is 2. The number of nitriles is 1. The van der Waals surface area contributed by atoms with Gasteiger partial charge in [-0.3, -0.25) is 4.98 Å². The molecule has 1 saturated carbocycles. The Balaban J connectivity index is 1.48. The molecular weight excluding hydrogens is 517 g/mol. The lowest BCUT2D eigenvalue weighted by atomic mass is 10.0. The van der Waals surface area contributed by atoms with Crippen LogP contribution in [0.25, 0.3) is 10.9 Å². The van der Waals surface area contributed by atoms with E-state index in [4.69, 9.17) is 16.3 Å². The largest absolute Gasteiger partial charge is 0.495 e.